The molecule has 1 aromatic heterocycles. The second kappa shape index (κ2) is 9.10. The Kier molecular flexibility index (Phi) is 5.82. The Bertz CT molecular complexity index is 1400. The first kappa shape index (κ1) is 22.4. The van der Waals surface area contributed by atoms with Crippen molar-refractivity contribution in [2.45, 2.75) is 25.8 Å². The fraction of sp³-hybridized carbons (Fsp3) is 0.179. The SMILES string of the molecule is COc1ccc(C)cc1[C@@H]1c2c(C)nn(-c3ccccc3)c2NC(=O)[C@H]1NC(=O)c1ccccc1. The monoisotopic (exact) mass is 466 g/mol. The molecule has 0 unspecified atom stereocenters. The molecule has 176 valence electrons. The van der Waals surface area contributed by atoms with E-state index in [1.165, 1.54) is 0 Å². The summed E-state index contributed by atoms with van der Waals surface area (Å²) in [6.45, 7) is 3.91. The van der Waals surface area contributed by atoms with Crippen LogP contribution >= 0.6 is 0 Å². The second-order valence-electron chi connectivity index (χ2n) is 8.62. The largest absolute Gasteiger partial charge is 0.496 e. The number of anilines is 1. The Morgan fingerprint density at radius 2 is 1.69 bits per heavy atom. The first-order valence-electron chi connectivity index (χ1n) is 11.4. The Hall–Kier alpha value is -4.39. The molecule has 0 saturated heterocycles. The molecule has 7 heteroatoms. The second-order valence-corrected chi connectivity index (χ2v) is 8.62. The van der Waals surface area contributed by atoms with E-state index < -0.39 is 12.0 Å². The van der Waals surface area contributed by atoms with Crippen molar-refractivity contribution >= 4 is 17.6 Å². The Morgan fingerprint density at radius 1 is 1.00 bits per heavy atom. The van der Waals surface area contributed by atoms with Gasteiger partial charge in [-0.25, -0.2) is 4.68 Å². The van der Waals surface area contributed by atoms with Crippen LogP contribution in [0, 0.1) is 13.8 Å². The highest BCUT2D eigenvalue weighted by molar-refractivity contribution is 6.04. The highest BCUT2D eigenvalue weighted by atomic mass is 16.5. The maximum Gasteiger partial charge on any atom is 0.251 e. The lowest BCUT2D eigenvalue weighted by Crippen LogP contribution is -2.50. The van der Waals surface area contributed by atoms with Gasteiger partial charge in [-0.3, -0.25) is 9.59 Å². The summed E-state index contributed by atoms with van der Waals surface area (Å²) in [6.07, 6.45) is 0. The zero-order valence-corrected chi connectivity index (χ0v) is 19.8. The van der Waals surface area contributed by atoms with Crippen LogP contribution in [0.4, 0.5) is 5.82 Å². The summed E-state index contributed by atoms with van der Waals surface area (Å²) < 4.78 is 7.44. The van der Waals surface area contributed by atoms with Crippen molar-refractivity contribution in [3.8, 4) is 11.4 Å². The number of methoxy groups -OCH3 is 1. The number of nitrogens with zero attached hydrogens (tertiary/aromatic N) is 2. The van der Waals surface area contributed by atoms with Crippen LogP contribution in [0.3, 0.4) is 0 Å². The van der Waals surface area contributed by atoms with E-state index in [0.29, 0.717) is 17.1 Å². The lowest BCUT2D eigenvalue weighted by molar-refractivity contribution is -0.118. The van der Waals surface area contributed by atoms with E-state index in [2.05, 4.69) is 10.6 Å². The highest BCUT2D eigenvalue weighted by Gasteiger charge is 2.43. The number of carbonyl (C=O) groups excluding carboxylic acids is 2. The van der Waals surface area contributed by atoms with E-state index in [0.717, 1.165) is 28.1 Å². The number of aryl methyl sites for hydroxylation is 2. The molecule has 2 N–H and O–H groups in total. The van der Waals surface area contributed by atoms with Crippen molar-refractivity contribution in [3.05, 3.63) is 107 Å². The van der Waals surface area contributed by atoms with Crippen molar-refractivity contribution < 1.29 is 14.3 Å². The maximum absolute atomic E-state index is 13.6. The highest BCUT2D eigenvalue weighted by Crippen LogP contribution is 2.43. The van der Waals surface area contributed by atoms with Gasteiger partial charge >= 0.3 is 0 Å². The molecular weight excluding hydrogens is 440 g/mol. The van der Waals surface area contributed by atoms with Gasteiger partial charge in [-0.2, -0.15) is 5.10 Å². The van der Waals surface area contributed by atoms with Gasteiger partial charge in [-0.15, -0.1) is 0 Å². The van der Waals surface area contributed by atoms with Gasteiger partial charge in [0.2, 0.25) is 5.91 Å². The predicted octanol–water partition coefficient (Wildman–Crippen LogP) is 4.38. The predicted molar refractivity (Wildman–Crippen MR) is 134 cm³/mol. The first-order chi connectivity index (χ1) is 17.0. The van der Waals surface area contributed by atoms with Gasteiger partial charge in [0.1, 0.15) is 17.6 Å². The Balaban J connectivity index is 1.68. The number of nitrogens with one attached hydrogen (secondary N) is 2. The lowest BCUT2D eigenvalue weighted by Gasteiger charge is -2.33. The van der Waals surface area contributed by atoms with E-state index in [4.69, 9.17) is 9.84 Å². The standard InChI is InChI=1S/C28H26N4O3/c1-17-14-15-22(35-3)21(16-17)24-23-18(2)31-32(20-12-8-5-9-13-20)26(23)30-28(34)25(24)29-27(33)19-10-6-4-7-11-19/h4-16,24-25H,1-3H3,(H,29,33)(H,30,34)/t24-,25+/m1/s1. The number of aromatic nitrogens is 2. The summed E-state index contributed by atoms with van der Waals surface area (Å²) >= 11 is 0. The van der Waals surface area contributed by atoms with Crippen LogP contribution in [0.5, 0.6) is 5.75 Å². The normalized spacial score (nSPS) is 16.8. The third-order valence-corrected chi connectivity index (χ3v) is 6.32. The van der Waals surface area contributed by atoms with Crippen LogP contribution in [-0.4, -0.2) is 34.7 Å². The number of fused-ring (bicyclic) bond motifs is 1. The van der Waals surface area contributed by atoms with Crippen LogP contribution in [-0.2, 0) is 4.79 Å². The van der Waals surface area contributed by atoms with Crippen LogP contribution < -0.4 is 15.4 Å². The molecule has 4 aromatic rings. The molecule has 2 heterocycles. The molecule has 7 nitrogen and oxygen atoms in total. The van der Waals surface area contributed by atoms with Gasteiger partial charge in [0, 0.05) is 22.6 Å². The molecule has 0 radical (unpaired) electrons. The van der Waals surface area contributed by atoms with Gasteiger partial charge < -0.3 is 15.4 Å². The zero-order chi connectivity index (χ0) is 24.5. The summed E-state index contributed by atoms with van der Waals surface area (Å²) in [6, 6.07) is 23.5. The van der Waals surface area contributed by atoms with Crippen molar-refractivity contribution in [2.75, 3.05) is 12.4 Å². The minimum atomic E-state index is -0.863. The van der Waals surface area contributed by atoms with E-state index in [1.54, 1.807) is 36.1 Å². The number of hydrogen-bond acceptors (Lipinski definition) is 4. The van der Waals surface area contributed by atoms with Gasteiger partial charge in [0.15, 0.2) is 0 Å². The molecule has 0 fully saturated rings. The van der Waals surface area contributed by atoms with E-state index >= 15 is 0 Å². The van der Waals surface area contributed by atoms with Crippen LogP contribution in [0.25, 0.3) is 5.69 Å². The quantitative estimate of drug-likeness (QED) is 0.457. The molecule has 3 aromatic carbocycles. The molecule has 2 atom stereocenters. The number of para-hydroxylation sites is 1. The molecule has 5 rings (SSSR count). The topological polar surface area (TPSA) is 85.2 Å². The smallest absolute Gasteiger partial charge is 0.251 e. The number of amides is 2. The van der Waals surface area contributed by atoms with Gasteiger partial charge in [-0.05, 0) is 44.2 Å². The van der Waals surface area contributed by atoms with Crippen molar-refractivity contribution in [3.63, 3.8) is 0 Å². The molecule has 0 saturated carbocycles. The summed E-state index contributed by atoms with van der Waals surface area (Å²) in [7, 11) is 1.61. The van der Waals surface area contributed by atoms with E-state index in [9.17, 15) is 9.59 Å². The summed E-state index contributed by atoms with van der Waals surface area (Å²) in [5.74, 6) is 0.106. The molecule has 0 spiro atoms. The number of hydrogen-bond donors (Lipinski definition) is 2. The zero-order valence-electron chi connectivity index (χ0n) is 19.8. The van der Waals surface area contributed by atoms with Crippen molar-refractivity contribution in [1.29, 1.82) is 0 Å². The van der Waals surface area contributed by atoms with Gasteiger partial charge in [0.05, 0.1) is 18.5 Å². The summed E-state index contributed by atoms with van der Waals surface area (Å²) in [5, 5.41) is 10.8. The Morgan fingerprint density at radius 3 is 2.37 bits per heavy atom. The summed E-state index contributed by atoms with van der Waals surface area (Å²) in [5.41, 5.74) is 4.76. The first-order valence-corrected chi connectivity index (χ1v) is 11.4. The number of carbonyl (C=O) groups is 2. The fourth-order valence-corrected chi connectivity index (χ4v) is 4.70. The average Bonchev–Trinajstić information content (AvgIpc) is 3.21. The molecular formula is C28H26N4O3. The van der Waals surface area contributed by atoms with Crippen LogP contribution in [0.2, 0.25) is 0 Å². The van der Waals surface area contributed by atoms with Crippen LogP contribution in [0.15, 0.2) is 78.9 Å². The van der Waals surface area contributed by atoms with E-state index in [1.807, 2.05) is 68.4 Å². The van der Waals surface area contributed by atoms with Crippen molar-refractivity contribution in [1.82, 2.24) is 15.1 Å². The lowest BCUT2D eigenvalue weighted by atomic mass is 9.81. The number of benzene rings is 3. The molecule has 1 aliphatic heterocycles. The molecule has 0 bridgehead atoms. The van der Waals surface area contributed by atoms with Gasteiger partial charge in [0.25, 0.3) is 5.91 Å². The molecule has 1 aliphatic rings. The minimum Gasteiger partial charge on any atom is -0.496 e. The molecule has 35 heavy (non-hydrogen) atoms. The number of rotatable bonds is 5. The Labute approximate surface area is 203 Å². The number of ether oxygens (including phenoxy) is 1. The third-order valence-electron chi connectivity index (χ3n) is 6.32. The average molecular weight is 467 g/mol. The maximum atomic E-state index is 13.6. The van der Waals surface area contributed by atoms with Crippen LogP contribution in [0.1, 0.15) is 38.7 Å². The van der Waals surface area contributed by atoms with Crippen molar-refractivity contribution in [2.24, 2.45) is 0 Å². The van der Waals surface area contributed by atoms with Gasteiger partial charge in [-0.1, -0.05) is 54.1 Å². The third kappa shape index (κ3) is 4.05. The molecule has 2 amide bonds. The summed E-state index contributed by atoms with van der Waals surface area (Å²) in [4.78, 5) is 26.7. The molecule has 0 aliphatic carbocycles. The minimum absolute atomic E-state index is 0.313. The van der Waals surface area contributed by atoms with E-state index in [-0.39, 0.29) is 11.8 Å². The fourth-order valence-electron chi connectivity index (χ4n) is 4.70.